The summed E-state index contributed by atoms with van der Waals surface area (Å²) in [4.78, 5) is 28.6. The number of hydrogen-bond acceptors (Lipinski definition) is 3. The SMILES string of the molecule is CC1(C)NC(=O)N(CCCn2ccnc2)C1=O. The average molecular weight is 236 g/mol. The summed E-state index contributed by atoms with van der Waals surface area (Å²) in [6, 6.07) is -0.300. The molecule has 1 saturated heterocycles. The van der Waals surface area contributed by atoms with Gasteiger partial charge in [-0.2, -0.15) is 0 Å². The summed E-state index contributed by atoms with van der Waals surface area (Å²) in [6.45, 7) is 4.61. The third-order valence-electron chi connectivity index (χ3n) is 2.80. The van der Waals surface area contributed by atoms with Crippen LogP contribution >= 0.6 is 0 Å². The molecule has 17 heavy (non-hydrogen) atoms. The maximum absolute atomic E-state index is 11.9. The highest BCUT2D eigenvalue weighted by molar-refractivity contribution is 6.06. The smallest absolute Gasteiger partial charge is 0.325 e. The van der Waals surface area contributed by atoms with E-state index in [0.29, 0.717) is 6.54 Å². The molecule has 0 bridgehead atoms. The molecule has 0 aromatic carbocycles. The molecule has 0 aliphatic carbocycles. The minimum atomic E-state index is -0.772. The van der Waals surface area contributed by atoms with Crippen LogP contribution in [0.15, 0.2) is 18.7 Å². The lowest BCUT2D eigenvalue weighted by atomic mass is 10.1. The van der Waals surface area contributed by atoms with Crippen molar-refractivity contribution in [2.75, 3.05) is 6.54 Å². The van der Waals surface area contributed by atoms with Gasteiger partial charge in [0.05, 0.1) is 6.33 Å². The van der Waals surface area contributed by atoms with E-state index in [-0.39, 0.29) is 11.9 Å². The molecule has 92 valence electrons. The van der Waals surface area contributed by atoms with Crippen molar-refractivity contribution in [3.8, 4) is 0 Å². The monoisotopic (exact) mass is 236 g/mol. The number of carbonyl (C=O) groups is 2. The van der Waals surface area contributed by atoms with Gasteiger partial charge in [-0.25, -0.2) is 9.78 Å². The molecule has 2 rings (SSSR count). The molecule has 0 unspecified atom stereocenters. The third-order valence-corrected chi connectivity index (χ3v) is 2.80. The normalized spacial score (nSPS) is 18.6. The van der Waals surface area contributed by atoms with Crippen molar-refractivity contribution in [1.82, 2.24) is 19.8 Å². The van der Waals surface area contributed by atoms with Crippen molar-refractivity contribution in [2.24, 2.45) is 0 Å². The number of rotatable bonds is 4. The van der Waals surface area contributed by atoms with E-state index < -0.39 is 5.54 Å². The lowest BCUT2D eigenvalue weighted by molar-refractivity contribution is -0.130. The number of imidazole rings is 1. The topological polar surface area (TPSA) is 67.2 Å². The van der Waals surface area contributed by atoms with Crippen LogP contribution in [0, 0.1) is 0 Å². The fourth-order valence-electron chi connectivity index (χ4n) is 1.85. The average Bonchev–Trinajstić information content (AvgIpc) is 2.80. The Kier molecular flexibility index (Phi) is 2.87. The van der Waals surface area contributed by atoms with Gasteiger partial charge in [-0.3, -0.25) is 9.69 Å². The van der Waals surface area contributed by atoms with Crippen molar-refractivity contribution in [1.29, 1.82) is 0 Å². The van der Waals surface area contributed by atoms with Crippen LogP contribution in [0.2, 0.25) is 0 Å². The van der Waals surface area contributed by atoms with Crippen molar-refractivity contribution in [3.05, 3.63) is 18.7 Å². The highest BCUT2D eigenvalue weighted by Gasteiger charge is 2.43. The quantitative estimate of drug-likeness (QED) is 0.778. The highest BCUT2D eigenvalue weighted by Crippen LogP contribution is 2.16. The van der Waals surface area contributed by atoms with Gasteiger partial charge >= 0.3 is 6.03 Å². The number of amides is 3. The number of imide groups is 1. The molecule has 0 spiro atoms. The molecule has 0 saturated carbocycles. The molecule has 1 aliphatic heterocycles. The second-order valence-corrected chi connectivity index (χ2v) is 4.67. The predicted molar refractivity (Wildman–Crippen MR) is 61.2 cm³/mol. The summed E-state index contributed by atoms with van der Waals surface area (Å²) in [5.74, 6) is -0.159. The second-order valence-electron chi connectivity index (χ2n) is 4.67. The molecule has 2 heterocycles. The Morgan fingerprint density at radius 3 is 2.65 bits per heavy atom. The van der Waals surface area contributed by atoms with Crippen LogP contribution in [0.3, 0.4) is 0 Å². The van der Waals surface area contributed by atoms with E-state index in [2.05, 4.69) is 10.3 Å². The molecule has 1 N–H and O–H groups in total. The molecule has 0 radical (unpaired) electrons. The Labute approximate surface area is 99.6 Å². The lowest BCUT2D eigenvalue weighted by Gasteiger charge is -2.15. The summed E-state index contributed by atoms with van der Waals surface area (Å²) >= 11 is 0. The molecule has 1 aromatic heterocycles. The van der Waals surface area contributed by atoms with E-state index >= 15 is 0 Å². The highest BCUT2D eigenvalue weighted by atomic mass is 16.2. The molecule has 3 amide bonds. The summed E-state index contributed by atoms with van der Waals surface area (Å²) in [6.07, 6.45) is 6.01. The van der Waals surface area contributed by atoms with Crippen LogP contribution in [0.1, 0.15) is 20.3 Å². The minimum Gasteiger partial charge on any atom is -0.337 e. The number of aryl methyl sites for hydroxylation is 1. The fourth-order valence-corrected chi connectivity index (χ4v) is 1.85. The molecule has 1 aromatic rings. The fraction of sp³-hybridized carbons (Fsp3) is 0.545. The Morgan fingerprint density at radius 2 is 2.12 bits per heavy atom. The first kappa shape index (κ1) is 11.6. The van der Waals surface area contributed by atoms with Crippen molar-refractivity contribution in [3.63, 3.8) is 0 Å². The van der Waals surface area contributed by atoms with E-state index in [1.165, 1.54) is 4.90 Å². The maximum atomic E-state index is 11.9. The van der Waals surface area contributed by atoms with Gasteiger partial charge < -0.3 is 9.88 Å². The Morgan fingerprint density at radius 1 is 1.35 bits per heavy atom. The van der Waals surface area contributed by atoms with Crippen LogP contribution in [0.4, 0.5) is 4.79 Å². The third kappa shape index (κ3) is 2.30. The molecule has 6 nitrogen and oxygen atoms in total. The zero-order chi connectivity index (χ0) is 12.5. The van der Waals surface area contributed by atoms with Crippen LogP contribution < -0.4 is 5.32 Å². The van der Waals surface area contributed by atoms with Gasteiger partial charge in [-0.05, 0) is 20.3 Å². The molecule has 1 fully saturated rings. The first-order valence-electron chi connectivity index (χ1n) is 5.60. The van der Waals surface area contributed by atoms with E-state index in [0.717, 1.165) is 13.0 Å². The van der Waals surface area contributed by atoms with E-state index in [4.69, 9.17) is 0 Å². The number of urea groups is 1. The van der Waals surface area contributed by atoms with Crippen LogP contribution in [-0.4, -0.2) is 38.5 Å². The summed E-state index contributed by atoms with van der Waals surface area (Å²) < 4.78 is 1.92. The minimum absolute atomic E-state index is 0.159. The van der Waals surface area contributed by atoms with Gasteiger partial charge in [0, 0.05) is 25.5 Å². The van der Waals surface area contributed by atoms with Crippen molar-refractivity contribution < 1.29 is 9.59 Å². The van der Waals surface area contributed by atoms with E-state index in [1.807, 2.05) is 10.8 Å². The summed E-state index contributed by atoms with van der Waals surface area (Å²) in [5.41, 5.74) is -0.772. The second kappa shape index (κ2) is 4.20. The molecule has 6 heteroatoms. The standard InChI is InChI=1S/C11H16N4O2/c1-11(2)9(16)15(10(17)13-11)6-3-5-14-7-4-12-8-14/h4,7-8H,3,5-6H2,1-2H3,(H,13,17). The molecular weight excluding hydrogens is 220 g/mol. The van der Waals surface area contributed by atoms with Gasteiger partial charge in [0.2, 0.25) is 0 Å². The number of aromatic nitrogens is 2. The Hall–Kier alpha value is -1.85. The van der Waals surface area contributed by atoms with Gasteiger partial charge in [0.25, 0.3) is 5.91 Å². The number of hydrogen-bond donors (Lipinski definition) is 1. The van der Waals surface area contributed by atoms with Crippen molar-refractivity contribution >= 4 is 11.9 Å². The first-order chi connectivity index (χ1) is 8.00. The summed E-state index contributed by atoms with van der Waals surface area (Å²) in [5, 5.41) is 2.65. The van der Waals surface area contributed by atoms with E-state index in [9.17, 15) is 9.59 Å². The molecular formula is C11H16N4O2. The predicted octanol–water partition coefficient (Wildman–Crippen LogP) is 0.604. The maximum Gasteiger partial charge on any atom is 0.325 e. The van der Waals surface area contributed by atoms with Crippen LogP contribution in [0.25, 0.3) is 0 Å². The van der Waals surface area contributed by atoms with Crippen molar-refractivity contribution in [2.45, 2.75) is 32.4 Å². The van der Waals surface area contributed by atoms with Gasteiger partial charge in [0.15, 0.2) is 0 Å². The number of carbonyl (C=O) groups excluding carboxylic acids is 2. The zero-order valence-corrected chi connectivity index (χ0v) is 10.0. The lowest BCUT2D eigenvalue weighted by Crippen LogP contribution is -2.40. The molecule has 1 aliphatic rings. The van der Waals surface area contributed by atoms with E-state index in [1.54, 1.807) is 26.4 Å². The first-order valence-corrected chi connectivity index (χ1v) is 5.60. The molecule has 0 atom stereocenters. The summed E-state index contributed by atoms with van der Waals surface area (Å²) in [7, 11) is 0. The Bertz CT molecular complexity index is 425. The Balaban J connectivity index is 1.87. The number of nitrogens with zero attached hydrogens (tertiary/aromatic N) is 3. The zero-order valence-electron chi connectivity index (χ0n) is 10.0. The van der Waals surface area contributed by atoms with Gasteiger partial charge in [0.1, 0.15) is 5.54 Å². The number of nitrogens with one attached hydrogen (secondary N) is 1. The van der Waals surface area contributed by atoms with Crippen LogP contribution in [-0.2, 0) is 11.3 Å². The largest absolute Gasteiger partial charge is 0.337 e. The van der Waals surface area contributed by atoms with Gasteiger partial charge in [-0.1, -0.05) is 0 Å². The van der Waals surface area contributed by atoms with Gasteiger partial charge in [-0.15, -0.1) is 0 Å². The van der Waals surface area contributed by atoms with Crippen LogP contribution in [0.5, 0.6) is 0 Å².